The number of alkyl halides is 3. The van der Waals surface area contributed by atoms with Crippen molar-refractivity contribution in [1.82, 2.24) is 0 Å². The molecule has 4 nitrogen and oxygen atoms in total. The van der Waals surface area contributed by atoms with Crippen LogP contribution in [-0.2, 0) is 10.9 Å². The minimum absolute atomic E-state index is 0.193. The molecule has 0 bridgehead atoms. The van der Waals surface area contributed by atoms with Gasteiger partial charge in [0.05, 0.1) is 26.9 Å². The van der Waals surface area contributed by atoms with Gasteiger partial charge in [-0.25, -0.2) is 4.79 Å². The van der Waals surface area contributed by atoms with Gasteiger partial charge in [0, 0.05) is 6.07 Å². The highest BCUT2D eigenvalue weighted by Crippen LogP contribution is 2.32. The molecule has 26 heavy (non-hydrogen) atoms. The molecule has 0 radical (unpaired) electrons. The molecule has 0 saturated carbocycles. The van der Waals surface area contributed by atoms with Crippen LogP contribution in [0.15, 0.2) is 36.4 Å². The van der Waals surface area contributed by atoms with Gasteiger partial charge in [-0.2, -0.15) is 13.2 Å². The molecule has 2 rings (SSSR count). The van der Waals surface area contributed by atoms with Crippen molar-refractivity contribution in [3.05, 3.63) is 58.7 Å². The van der Waals surface area contributed by atoms with Gasteiger partial charge in [0.25, 0.3) is 0 Å². The van der Waals surface area contributed by atoms with Crippen LogP contribution < -0.4 is 9.47 Å². The van der Waals surface area contributed by atoms with E-state index >= 15 is 0 Å². The maximum atomic E-state index is 12.6. The summed E-state index contributed by atoms with van der Waals surface area (Å²) in [5, 5.41) is 0. The molecule has 0 heterocycles. The number of methoxy groups -OCH3 is 3. The van der Waals surface area contributed by atoms with E-state index in [-0.39, 0.29) is 11.3 Å². The van der Waals surface area contributed by atoms with Crippen molar-refractivity contribution in [3.63, 3.8) is 0 Å². The SMILES string of the molecule is COC(=O)c1c(/C=C/c2ccc(C(F)(F)F)cc2)cc(OC)cc1OC. The van der Waals surface area contributed by atoms with E-state index in [0.717, 1.165) is 12.1 Å². The summed E-state index contributed by atoms with van der Waals surface area (Å²) in [6.07, 6.45) is -1.22. The summed E-state index contributed by atoms with van der Waals surface area (Å²) in [7, 11) is 4.12. The van der Waals surface area contributed by atoms with E-state index in [0.29, 0.717) is 16.9 Å². The Morgan fingerprint density at radius 3 is 2.12 bits per heavy atom. The predicted octanol–water partition coefficient (Wildman–Crippen LogP) is 4.68. The monoisotopic (exact) mass is 366 g/mol. The smallest absolute Gasteiger partial charge is 0.416 e. The summed E-state index contributed by atoms with van der Waals surface area (Å²) >= 11 is 0. The Kier molecular flexibility index (Phi) is 5.92. The van der Waals surface area contributed by atoms with Crippen LogP contribution in [0, 0.1) is 0 Å². The number of carbonyl (C=O) groups is 1. The van der Waals surface area contributed by atoms with Gasteiger partial charge in [-0.15, -0.1) is 0 Å². The lowest BCUT2D eigenvalue weighted by Crippen LogP contribution is -2.07. The fourth-order valence-electron chi connectivity index (χ4n) is 2.31. The van der Waals surface area contributed by atoms with E-state index in [2.05, 4.69) is 0 Å². The molecule has 0 N–H and O–H groups in total. The van der Waals surface area contributed by atoms with Gasteiger partial charge in [-0.05, 0) is 29.3 Å². The molecule has 0 atom stereocenters. The number of hydrogen-bond donors (Lipinski definition) is 0. The second kappa shape index (κ2) is 7.95. The first-order valence-corrected chi connectivity index (χ1v) is 7.49. The number of esters is 1. The van der Waals surface area contributed by atoms with Crippen LogP contribution >= 0.6 is 0 Å². The molecular weight excluding hydrogens is 349 g/mol. The second-order valence-corrected chi connectivity index (χ2v) is 5.24. The molecule has 0 amide bonds. The third-order valence-corrected chi connectivity index (χ3v) is 3.64. The Balaban J connectivity index is 2.44. The minimum Gasteiger partial charge on any atom is -0.497 e. The van der Waals surface area contributed by atoms with Crippen LogP contribution in [0.3, 0.4) is 0 Å². The van der Waals surface area contributed by atoms with Gasteiger partial charge < -0.3 is 14.2 Å². The molecule has 0 aliphatic rings. The summed E-state index contributed by atoms with van der Waals surface area (Å²) < 4.78 is 53.0. The Morgan fingerprint density at radius 2 is 1.62 bits per heavy atom. The zero-order chi connectivity index (χ0) is 19.3. The third-order valence-electron chi connectivity index (χ3n) is 3.64. The van der Waals surface area contributed by atoms with E-state index in [1.54, 1.807) is 24.3 Å². The number of rotatable bonds is 5. The van der Waals surface area contributed by atoms with Crippen molar-refractivity contribution >= 4 is 18.1 Å². The summed E-state index contributed by atoms with van der Waals surface area (Å²) in [5.41, 5.74) is 0.454. The summed E-state index contributed by atoms with van der Waals surface area (Å²) in [6, 6.07) is 7.82. The molecule has 0 aromatic heterocycles. The topological polar surface area (TPSA) is 44.8 Å². The van der Waals surface area contributed by atoms with Crippen molar-refractivity contribution in [3.8, 4) is 11.5 Å². The highest BCUT2D eigenvalue weighted by Gasteiger charge is 2.29. The zero-order valence-corrected chi connectivity index (χ0v) is 14.4. The highest BCUT2D eigenvalue weighted by atomic mass is 19.4. The molecule has 138 valence electrons. The van der Waals surface area contributed by atoms with E-state index in [1.807, 2.05) is 0 Å². The first-order chi connectivity index (χ1) is 12.3. The van der Waals surface area contributed by atoms with Crippen molar-refractivity contribution in [2.75, 3.05) is 21.3 Å². The number of hydrogen-bond acceptors (Lipinski definition) is 4. The Hall–Kier alpha value is -2.96. The Bertz CT molecular complexity index is 809. The van der Waals surface area contributed by atoms with Crippen LogP contribution in [0.5, 0.6) is 11.5 Å². The molecule has 0 fully saturated rings. The van der Waals surface area contributed by atoms with Gasteiger partial charge in [-0.3, -0.25) is 0 Å². The molecule has 0 unspecified atom stereocenters. The predicted molar refractivity (Wildman–Crippen MR) is 91.3 cm³/mol. The number of benzene rings is 2. The summed E-state index contributed by atoms with van der Waals surface area (Å²) in [5.74, 6) is 0.126. The maximum Gasteiger partial charge on any atom is 0.416 e. The number of carbonyl (C=O) groups excluding carboxylic acids is 1. The van der Waals surface area contributed by atoms with Crippen LogP contribution in [0.4, 0.5) is 13.2 Å². The van der Waals surface area contributed by atoms with Crippen LogP contribution in [-0.4, -0.2) is 27.3 Å². The average molecular weight is 366 g/mol. The highest BCUT2D eigenvalue weighted by molar-refractivity contribution is 5.98. The van der Waals surface area contributed by atoms with Crippen molar-refractivity contribution in [1.29, 1.82) is 0 Å². The van der Waals surface area contributed by atoms with Gasteiger partial charge in [0.2, 0.25) is 0 Å². The third kappa shape index (κ3) is 4.36. The fraction of sp³-hybridized carbons (Fsp3) is 0.211. The number of ether oxygens (including phenoxy) is 3. The lowest BCUT2D eigenvalue weighted by molar-refractivity contribution is -0.137. The van der Waals surface area contributed by atoms with E-state index in [4.69, 9.17) is 14.2 Å². The van der Waals surface area contributed by atoms with Crippen LogP contribution in [0.1, 0.15) is 27.0 Å². The first-order valence-electron chi connectivity index (χ1n) is 7.49. The molecular formula is C19H17F3O4. The van der Waals surface area contributed by atoms with Crippen molar-refractivity contribution < 1.29 is 32.2 Å². The molecule has 7 heteroatoms. The number of halogens is 3. The summed E-state index contributed by atoms with van der Waals surface area (Å²) in [6.45, 7) is 0. The van der Waals surface area contributed by atoms with Crippen LogP contribution in [0.2, 0.25) is 0 Å². The van der Waals surface area contributed by atoms with Gasteiger partial charge in [-0.1, -0.05) is 24.3 Å². The van der Waals surface area contributed by atoms with E-state index in [9.17, 15) is 18.0 Å². The maximum absolute atomic E-state index is 12.6. The lowest BCUT2D eigenvalue weighted by atomic mass is 10.0. The van der Waals surface area contributed by atoms with Gasteiger partial charge >= 0.3 is 12.1 Å². The fourth-order valence-corrected chi connectivity index (χ4v) is 2.31. The molecule has 2 aromatic rings. The standard InChI is InChI=1S/C19H17F3O4/c1-24-15-10-13(17(18(23)26-3)16(11-15)25-2)7-4-12-5-8-14(9-6-12)19(20,21)22/h4-11H,1-3H3/b7-4+. The first kappa shape index (κ1) is 19.4. The van der Waals surface area contributed by atoms with Crippen LogP contribution in [0.25, 0.3) is 12.2 Å². The van der Waals surface area contributed by atoms with E-state index in [1.165, 1.54) is 33.5 Å². The van der Waals surface area contributed by atoms with E-state index < -0.39 is 17.7 Å². The minimum atomic E-state index is -4.39. The van der Waals surface area contributed by atoms with Gasteiger partial charge in [0.15, 0.2) is 0 Å². The van der Waals surface area contributed by atoms with Gasteiger partial charge in [0.1, 0.15) is 17.1 Å². The normalized spacial score (nSPS) is 11.5. The Labute approximate surface area is 148 Å². The lowest BCUT2D eigenvalue weighted by Gasteiger charge is -2.12. The molecule has 0 spiro atoms. The van der Waals surface area contributed by atoms with Crippen molar-refractivity contribution in [2.45, 2.75) is 6.18 Å². The van der Waals surface area contributed by atoms with Crippen molar-refractivity contribution in [2.24, 2.45) is 0 Å². The average Bonchev–Trinajstić information content (AvgIpc) is 2.64. The molecule has 0 aliphatic carbocycles. The Morgan fingerprint density at radius 1 is 0.962 bits per heavy atom. The quantitative estimate of drug-likeness (QED) is 0.569. The molecule has 2 aromatic carbocycles. The second-order valence-electron chi connectivity index (χ2n) is 5.24. The zero-order valence-electron chi connectivity index (χ0n) is 14.4. The molecule has 0 aliphatic heterocycles. The summed E-state index contributed by atoms with van der Waals surface area (Å²) in [4.78, 5) is 12.1. The largest absolute Gasteiger partial charge is 0.497 e. The molecule has 0 saturated heterocycles.